The number of nitrogens with zero attached hydrogens (tertiary/aromatic N) is 3. The lowest BCUT2D eigenvalue weighted by atomic mass is 10.1. The molecule has 0 fully saturated rings. The Hall–Kier alpha value is -1.62. The van der Waals surface area contributed by atoms with Crippen LogP contribution in [0.15, 0.2) is 24.3 Å². The molecule has 3 rings (SSSR count). The van der Waals surface area contributed by atoms with Crippen LogP contribution >= 0.6 is 11.3 Å². The lowest BCUT2D eigenvalue weighted by molar-refractivity contribution is 0.710. The highest BCUT2D eigenvalue weighted by Gasteiger charge is 2.16. The minimum atomic E-state index is 0.549. The first-order valence-corrected chi connectivity index (χ1v) is 7.05. The molecule has 0 amide bonds. The molecule has 0 bridgehead atoms. The van der Waals surface area contributed by atoms with E-state index in [0.717, 1.165) is 18.1 Å². The average molecular weight is 260 g/mol. The molecule has 18 heavy (non-hydrogen) atoms. The molecule has 0 radical (unpaired) electrons. The van der Waals surface area contributed by atoms with Crippen LogP contribution in [0.1, 0.15) is 23.4 Å². The number of benzene rings is 1. The third kappa shape index (κ3) is 2.31. The van der Waals surface area contributed by atoms with Gasteiger partial charge in [-0.05, 0) is 30.9 Å². The Balaban J connectivity index is 1.87. The van der Waals surface area contributed by atoms with Crippen molar-refractivity contribution in [3.05, 3.63) is 34.8 Å². The summed E-state index contributed by atoms with van der Waals surface area (Å²) < 4.78 is 0. The molecule has 1 aliphatic heterocycles. The lowest BCUT2D eigenvalue weighted by Gasteiger charge is -2.23. The van der Waals surface area contributed by atoms with Crippen molar-refractivity contribution in [1.29, 1.82) is 0 Å². The topological polar surface area (TPSA) is 55.0 Å². The second kappa shape index (κ2) is 4.94. The van der Waals surface area contributed by atoms with Gasteiger partial charge in [0, 0.05) is 12.2 Å². The molecule has 0 spiro atoms. The normalized spacial score (nSPS) is 15.2. The van der Waals surface area contributed by atoms with E-state index in [1.54, 1.807) is 0 Å². The first-order chi connectivity index (χ1) is 8.83. The minimum absolute atomic E-state index is 0.549. The fraction of sp³-hybridized carbons (Fsp3) is 0.385. The van der Waals surface area contributed by atoms with Gasteiger partial charge in [-0.25, -0.2) is 0 Å². The van der Waals surface area contributed by atoms with Gasteiger partial charge < -0.3 is 10.6 Å². The van der Waals surface area contributed by atoms with E-state index >= 15 is 0 Å². The molecule has 1 aromatic heterocycles. The van der Waals surface area contributed by atoms with Gasteiger partial charge in [0.05, 0.1) is 6.54 Å². The molecule has 0 atom stereocenters. The monoisotopic (exact) mass is 260 g/mol. The van der Waals surface area contributed by atoms with Crippen LogP contribution in [-0.4, -0.2) is 16.7 Å². The van der Waals surface area contributed by atoms with Crippen molar-refractivity contribution in [2.75, 3.05) is 17.2 Å². The summed E-state index contributed by atoms with van der Waals surface area (Å²) in [6, 6.07) is 8.64. The summed E-state index contributed by atoms with van der Waals surface area (Å²) in [4.78, 5) is 2.39. The highest BCUT2D eigenvalue weighted by molar-refractivity contribution is 7.15. The molecule has 0 saturated heterocycles. The van der Waals surface area contributed by atoms with Crippen LogP contribution in [0.4, 0.5) is 10.8 Å². The van der Waals surface area contributed by atoms with Crippen molar-refractivity contribution in [2.45, 2.75) is 25.8 Å². The predicted octanol–water partition coefficient (Wildman–Crippen LogP) is 2.46. The van der Waals surface area contributed by atoms with Crippen molar-refractivity contribution >= 4 is 22.2 Å². The number of aryl methyl sites for hydroxylation is 1. The van der Waals surface area contributed by atoms with E-state index in [4.69, 9.17) is 5.73 Å². The third-order valence-corrected chi connectivity index (χ3v) is 4.00. The van der Waals surface area contributed by atoms with E-state index in [1.807, 2.05) is 0 Å². The molecule has 0 unspecified atom stereocenters. The first kappa shape index (κ1) is 11.5. The lowest BCUT2D eigenvalue weighted by Crippen LogP contribution is -2.23. The standard InChI is InChI=1S/C13H16N4S/c14-13-16-15-12(18-13)9-17-8-4-3-6-10-5-1-2-7-11(10)17/h1-2,5,7H,3-4,6,8-9H2,(H2,14,16). The maximum absolute atomic E-state index is 5.64. The number of aromatic nitrogens is 2. The van der Waals surface area contributed by atoms with Gasteiger partial charge in [-0.3, -0.25) is 0 Å². The quantitative estimate of drug-likeness (QED) is 0.901. The molecular formula is C13H16N4S. The second-order valence-corrected chi connectivity index (χ2v) is 5.64. The van der Waals surface area contributed by atoms with Crippen LogP contribution in [0, 0.1) is 0 Å². The van der Waals surface area contributed by atoms with Gasteiger partial charge in [0.15, 0.2) is 0 Å². The Kier molecular flexibility index (Phi) is 3.15. The maximum atomic E-state index is 5.64. The number of nitrogens with two attached hydrogens (primary N) is 1. The van der Waals surface area contributed by atoms with Gasteiger partial charge in [0.1, 0.15) is 5.01 Å². The number of nitrogen functional groups attached to an aromatic ring is 1. The van der Waals surface area contributed by atoms with E-state index in [1.165, 1.54) is 41.9 Å². The van der Waals surface area contributed by atoms with E-state index < -0.39 is 0 Å². The number of rotatable bonds is 2. The molecule has 2 heterocycles. The van der Waals surface area contributed by atoms with E-state index in [9.17, 15) is 0 Å². The molecule has 5 heteroatoms. The van der Waals surface area contributed by atoms with Crippen LogP contribution < -0.4 is 10.6 Å². The molecule has 4 nitrogen and oxygen atoms in total. The van der Waals surface area contributed by atoms with Crippen molar-refractivity contribution in [2.24, 2.45) is 0 Å². The van der Waals surface area contributed by atoms with Crippen LogP contribution in [0.25, 0.3) is 0 Å². The zero-order valence-electron chi connectivity index (χ0n) is 10.2. The van der Waals surface area contributed by atoms with E-state index in [0.29, 0.717) is 5.13 Å². The van der Waals surface area contributed by atoms with Crippen molar-refractivity contribution in [1.82, 2.24) is 10.2 Å². The summed E-state index contributed by atoms with van der Waals surface area (Å²) >= 11 is 1.48. The molecule has 94 valence electrons. The van der Waals surface area contributed by atoms with Crippen LogP contribution in [0.2, 0.25) is 0 Å². The van der Waals surface area contributed by atoms with Gasteiger partial charge in [0.2, 0.25) is 5.13 Å². The molecule has 2 N–H and O–H groups in total. The second-order valence-electron chi connectivity index (χ2n) is 4.54. The molecule has 1 aliphatic rings. The van der Waals surface area contributed by atoms with Crippen LogP contribution in [0.5, 0.6) is 0 Å². The van der Waals surface area contributed by atoms with E-state index in [2.05, 4.69) is 39.4 Å². The molecule has 2 aromatic rings. The molecular weight excluding hydrogens is 244 g/mol. The fourth-order valence-corrected chi connectivity index (χ4v) is 3.05. The summed E-state index contributed by atoms with van der Waals surface area (Å²) in [7, 11) is 0. The summed E-state index contributed by atoms with van der Waals surface area (Å²) in [6.07, 6.45) is 3.65. The molecule has 0 saturated carbocycles. The largest absolute Gasteiger partial charge is 0.374 e. The highest BCUT2D eigenvalue weighted by atomic mass is 32.1. The SMILES string of the molecule is Nc1nnc(CN2CCCCc3ccccc32)s1. The third-order valence-electron chi connectivity index (χ3n) is 3.27. The van der Waals surface area contributed by atoms with Crippen molar-refractivity contribution in [3.63, 3.8) is 0 Å². The Bertz CT molecular complexity index is 537. The maximum Gasteiger partial charge on any atom is 0.203 e. The Labute approximate surface area is 110 Å². The Morgan fingerprint density at radius 1 is 1.22 bits per heavy atom. The summed E-state index contributed by atoms with van der Waals surface area (Å²) in [5.74, 6) is 0. The van der Waals surface area contributed by atoms with Gasteiger partial charge >= 0.3 is 0 Å². The Morgan fingerprint density at radius 2 is 2.11 bits per heavy atom. The van der Waals surface area contributed by atoms with Crippen LogP contribution in [0.3, 0.4) is 0 Å². The van der Waals surface area contributed by atoms with Gasteiger partial charge in [-0.15, -0.1) is 10.2 Å². The summed E-state index contributed by atoms with van der Waals surface area (Å²) in [5, 5.41) is 9.54. The number of para-hydroxylation sites is 1. The van der Waals surface area contributed by atoms with Crippen LogP contribution in [-0.2, 0) is 13.0 Å². The number of fused-ring (bicyclic) bond motifs is 1. The molecule has 0 aliphatic carbocycles. The number of hydrogen-bond acceptors (Lipinski definition) is 5. The van der Waals surface area contributed by atoms with E-state index in [-0.39, 0.29) is 0 Å². The zero-order valence-corrected chi connectivity index (χ0v) is 11.0. The number of anilines is 2. The number of hydrogen-bond donors (Lipinski definition) is 1. The first-order valence-electron chi connectivity index (χ1n) is 6.23. The zero-order chi connectivity index (χ0) is 12.4. The molecule has 1 aromatic carbocycles. The van der Waals surface area contributed by atoms with Crippen molar-refractivity contribution < 1.29 is 0 Å². The van der Waals surface area contributed by atoms with Gasteiger partial charge in [-0.1, -0.05) is 29.5 Å². The Morgan fingerprint density at radius 3 is 2.94 bits per heavy atom. The van der Waals surface area contributed by atoms with Crippen molar-refractivity contribution in [3.8, 4) is 0 Å². The van der Waals surface area contributed by atoms with Gasteiger partial charge in [0.25, 0.3) is 0 Å². The summed E-state index contributed by atoms with van der Waals surface area (Å²) in [6.45, 7) is 1.89. The average Bonchev–Trinajstić information content (AvgIpc) is 2.68. The predicted molar refractivity (Wildman–Crippen MR) is 74.8 cm³/mol. The fourth-order valence-electron chi connectivity index (χ4n) is 2.43. The minimum Gasteiger partial charge on any atom is -0.374 e. The smallest absolute Gasteiger partial charge is 0.203 e. The van der Waals surface area contributed by atoms with Gasteiger partial charge in [-0.2, -0.15) is 0 Å². The highest BCUT2D eigenvalue weighted by Crippen LogP contribution is 2.28. The summed E-state index contributed by atoms with van der Waals surface area (Å²) in [5.41, 5.74) is 8.41.